The number of ether oxygens (including phenoxy) is 1. The van der Waals surface area contributed by atoms with Crippen LogP contribution in [0.5, 0.6) is 0 Å². The third-order valence-corrected chi connectivity index (χ3v) is 5.92. The zero-order chi connectivity index (χ0) is 22.6. The van der Waals surface area contributed by atoms with E-state index in [-0.39, 0.29) is 11.9 Å². The van der Waals surface area contributed by atoms with Crippen LogP contribution in [0.2, 0.25) is 0 Å². The molecule has 5 rings (SSSR count). The van der Waals surface area contributed by atoms with Gasteiger partial charge in [-0.25, -0.2) is 4.98 Å². The van der Waals surface area contributed by atoms with Gasteiger partial charge in [-0.2, -0.15) is 0 Å². The molecule has 1 aliphatic rings. The number of hydrogen-bond acceptors (Lipinski definition) is 6. The molecule has 1 atom stereocenters. The first-order valence-corrected chi connectivity index (χ1v) is 11.2. The molecule has 1 aromatic carbocycles. The van der Waals surface area contributed by atoms with Crippen molar-refractivity contribution in [2.45, 2.75) is 13.0 Å². The number of carbonyl (C=O) groups is 1. The number of hydrogen-bond donors (Lipinski definition) is 1. The Morgan fingerprint density at radius 2 is 1.88 bits per heavy atom. The number of rotatable bonds is 6. The van der Waals surface area contributed by atoms with Gasteiger partial charge in [-0.05, 0) is 43.3 Å². The van der Waals surface area contributed by atoms with Crippen molar-refractivity contribution in [3.63, 3.8) is 0 Å². The highest BCUT2D eigenvalue weighted by Crippen LogP contribution is 2.26. The van der Waals surface area contributed by atoms with Gasteiger partial charge in [0.25, 0.3) is 5.91 Å². The summed E-state index contributed by atoms with van der Waals surface area (Å²) in [4.78, 5) is 24.9. The van der Waals surface area contributed by atoms with Gasteiger partial charge in [-0.3, -0.25) is 14.7 Å². The number of nitrogens with one attached hydrogen (secondary N) is 1. The highest BCUT2D eigenvalue weighted by Gasteiger charge is 2.26. The first kappa shape index (κ1) is 21.3. The summed E-state index contributed by atoms with van der Waals surface area (Å²) in [6.07, 6.45) is 1.73. The van der Waals surface area contributed by atoms with E-state index >= 15 is 0 Å². The average molecular weight is 443 g/mol. The molecule has 0 bridgehead atoms. The molecule has 3 aromatic heterocycles. The lowest BCUT2D eigenvalue weighted by Crippen LogP contribution is -2.43. The Hall–Kier alpha value is -3.55. The van der Waals surface area contributed by atoms with Gasteiger partial charge in [0.2, 0.25) is 0 Å². The van der Waals surface area contributed by atoms with Gasteiger partial charge in [0.1, 0.15) is 11.5 Å². The van der Waals surface area contributed by atoms with E-state index in [1.165, 1.54) is 0 Å². The van der Waals surface area contributed by atoms with Crippen molar-refractivity contribution < 1.29 is 13.9 Å². The molecule has 4 aromatic rings. The van der Waals surface area contributed by atoms with E-state index in [0.717, 1.165) is 41.2 Å². The third-order valence-electron chi connectivity index (χ3n) is 5.92. The Morgan fingerprint density at radius 3 is 2.64 bits per heavy atom. The minimum atomic E-state index is -0.146. The summed E-state index contributed by atoms with van der Waals surface area (Å²) in [5, 5.41) is 3.96. The topological polar surface area (TPSA) is 80.5 Å². The van der Waals surface area contributed by atoms with Gasteiger partial charge in [0.05, 0.1) is 41.7 Å². The quantitative estimate of drug-likeness (QED) is 0.486. The average Bonchev–Trinajstić information content (AvgIpc) is 3.30. The molecule has 33 heavy (non-hydrogen) atoms. The molecule has 0 radical (unpaired) electrons. The monoisotopic (exact) mass is 442 g/mol. The van der Waals surface area contributed by atoms with Crippen LogP contribution in [-0.4, -0.2) is 53.6 Å². The highest BCUT2D eigenvalue weighted by atomic mass is 16.5. The molecule has 0 saturated carbocycles. The molecule has 1 N–H and O–H groups in total. The van der Waals surface area contributed by atoms with Gasteiger partial charge in [-0.15, -0.1) is 0 Å². The number of aryl methyl sites for hydroxylation is 1. The van der Waals surface area contributed by atoms with E-state index in [1.807, 2.05) is 67.6 Å². The number of pyridine rings is 2. The van der Waals surface area contributed by atoms with Gasteiger partial charge in [-0.1, -0.05) is 24.3 Å². The van der Waals surface area contributed by atoms with Crippen molar-refractivity contribution in [1.29, 1.82) is 0 Å². The summed E-state index contributed by atoms with van der Waals surface area (Å²) in [7, 11) is 0. The molecule has 168 valence electrons. The predicted octanol–water partition coefficient (Wildman–Crippen LogP) is 4.00. The summed E-state index contributed by atoms with van der Waals surface area (Å²) in [5.41, 5.74) is 2.75. The Morgan fingerprint density at radius 1 is 1.06 bits per heavy atom. The van der Waals surface area contributed by atoms with Gasteiger partial charge < -0.3 is 14.5 Å². The van der Waals surface area contributed by atoms with Crippen LogP contribution in [0.15, 0.2) is 71.3 Å². The molecule has 4 heterocycles. The number of benzene rings is 1. The van der Waals surface area contributed by atoms with Crippen molar-refractivity contribution in [2.24, 2.45) is 0 Å². The maximum Gasteiger partial charge on any atom is 0.252 e. The molecule has 1 aliphatic heterocycles. The molecule has 7 heteroatoms. The molecule has 1 fully saturated rings. The lowest BCUT2D eigenvalue weighted by molar-refractivity contribution is 0.0117. The van der Waals surface area contributed by atoms with Crippen LogP contribution in [0, 0.1) is 6.92 Å². The molecule has 7 nitrogen and oxygen atoms in total. The van der Waals surface area contributed by atoms with E-state index in [4.69, 9.17) is 14.1 Å². The fourth-order valence-corrected chi connectivity index (χ4v) is 4.22. The van der Waals surface area contributed by atoms with Crippen LogP contribution in [0.1, 0.15) is 27.9 Å². The van der Waals surface area contributed by atoms with Crippen LogP contribution in [0.25, 0.3) is 22.3 Å². The smallest absolute Gasteiger partial charge is 0.252 e. The van der Waals surface area contributed by atoms with Gasteiger partial charge in [0, 0.05) is 31.2 Å². The number of amides is 1. The van der Waals surface area contributed by atoms with Crippen LogP contribution >= 0.6 is 0 Å². The van der Waals surface area contributed by atoms with Crippen molar-refractivity contribution in [3.8, 4) is 11.4 Å². The second-order valence-electron chi connectivity index (χ2n) is 8.11. The number of aromatic nitrogens is 2. The number of furan rings is 1. The summed E-state index contributed by atoms with van der Waals surface area (Å²) >= 11 is 0. The lowest BCUT2D eigenvalue weighted by Gasteiger charge is -2.33. The Labute approximate surface area is 192 Å². The maximum absolute atomic E-state index is 13.4. The van der Waals surface area contributed by atoms with Gasteiger partial charge in [0.15, 0.2) is 0 Å². The van der Waals surface area contributed by atoms with E-state index in [2.05, 4.69) is 15.2 Å². The highest BCUT2D eigenvalue weighted by molar-refractivity contribution is 6.07. The lowest BCUT2D eigenvalue weighted by atomic mass is 10.0. The van der Waals surface area contributed by atoms with Gasteiger partial charge >= 0.3 is 0 Å². The Balaban J connectivity index is 1.44. The SMILES string of the molecule is Cc1ccc(C(CNC(=O)c2cc(-c3ccccn3)nc3ccccc23)N2CCOCC2)o1. The fourth-order valence-electron chi connectivity index (χ4n) is 4.22. The van der Waals surface area contributed by atoms with E-state index in [9.17, 15) is 4.79 Å². The zero-order valence-electron chi connectivity index (χ0n) is 18.5. The fraction of sp³-hybridized carbons (Fsp3) is 0.269. The van der Waals surface area contributed by atoms with Crippen LogP contribution < -0.4 is 5.32 Å². The second kappa shape index (κ2) is 9.52. The van der Waals surface area contributed by atoms with Crippen molar-refractivity contribution >= 4 is 16.8 Å². The number of morpholine rings is 1. The molecular weight excluding hydrogens is 416 g/mol. The standard InChI is InChI=1S/C26H26N4O3/c1-18-9-10-25(33-18)24(30-12-14-32-15-13-30)17-28-26(31)20-16-23(22-8-4-5-11-27-22)29-21-7-3-2-6-19(20)21/h2-11,16,24H,12-15,17H2,1H3,(H,28,31). The van der Waals surface area contributed by atoms with Crippen molar-refractivity contribution in [1.82, 2.24) is 20.2 Å². The van der Waals surface area contributed by atoms with Crippen molar-refractivity contribution in [2.75, 3.05) is 32.8 Å². The van der Waals surface area contributed by atoms with Crippen LogP contribution in [0.4, 0.5) is 0 Å². The third kappa shape index (κ3) is 4.65. The first-order chi connectivity index (χ1) is 16.2. The molecule has 0 spiro atoms. The molecule has 1 amide bonds. The van der Waals surface area contributed by atoms with Crippen LogP contribution in [0.3, 0.4) is 0 Å². The Kier molecular flexibility index (Phi) is 6.15. The summed E-state index contributed by atoms with van der Waals surface area (Å²) in [5.74, 6) is 1.56. The predicted molar refractivity (Wildman–Crippen MR) is 126 cm³/mol. The summed E-state index contributed by atoms with van der Waals surface area (Å²) in [6.45, 7) is 5.30. The van der Waals surface area contributed by atoms with Crippen LogP contribution in [-0.2, 0) is 4.74 Å². The first-order valence-electron chi connectivity index (χ1n) is 11.2. The number of carbonyl (C=O) groups excluding carboxylic acids is 1. The summed E-state index contributed by atoms with van der Waals surface area (Å²) < 4.78 is 11.4. The molecule has 1 unspecified atom stereocenters. The molecular formula is C26H26N4O3. The number of fused-ring (bicyclic) bond motifs is 1. The minimum absolute atomic E-state index is 0.0603. The molecule has 0 aliphatic carbocycles. The van der Waals surface area contributed by atoms with Crippen molar-refractivity contribution in [3.05, 3.63) is 83.9 Å². The minimum Gasteiger partial charge on any atom is -0.465 e. The Bertz CT molecular complexity index is 1250. The number of nitrogens with zero attached hydrogens (tertiary/aromatic N) is 3. The number of para-hydroxylation sites is 1. The maximum atomic E-state index is 13.4. The zero-order valence-corrected chi connectivity index (χ0v) is 18.5. The second-order valence-corrected chi connectivity index (χ2v) is 8.11. The van der Waals surface area contributed by atoms with E-state index < -0.39 is 0 Å². The molecule has 1 saturated heterocycles. The normalized spacial score (nSPS) is 15.4. The largest absolute Gasteiger partial charge is 0.465 e. The summed E-state index contributed by atoms with van der Waals surface area (Å²) in [6, 6.07) is 19.1. The van der Waals surface area contributed by atoms with E-state index in [0.29, 0.717) is 31.0 Å². The van der Waals surface area contributed by atoms with E-state index in [1.54, 1.807) is 6.20 Å².